The number of nitrogens with zero attached hydrogens (tertiary/aromatic N) is 4. The number of aromatic nitrogens is 4. The van der Waals surface area contributed by atoms with Crippen molar-refractivity contribution in [1.82, 2.24) is 23.8 Å². The van der Waals surface area contributed by atoms with Crippen LogP contribution in [0.1, 0.15) is 22.7 Å². The van der Waals surface area contributed by atoms with Crippen LogP contribution in [-0.2, 0) is 23.6 Å². The number of benzene rings is 2. The van der Waals surface area contributed by atoms with Gasteiger partial charge in [0.15, 0.2) is 11.4 Å². The van der Waals surface area contributed by atoms with Crippen molar-refractivity contribution in [3.05, 3.63) is 102 Å². The molecule has 2 N–H and O–H groups in total. The maximum Gasteiger partial charge on any atom is 0.269 e. The number of pyridine rings is 2. The fourth-order valence-electron chi connectivity index (χ4n) is 5.48. The second-order valence-electron chi connectivity index (χ2n) is 10.6. The van der Waals surface area contributed by atoms with Gasteiger partial charge in [0.2, 0.25) is 0 Å². The van der Waals surface area contributed by atoms with Crippen molar-refractivity contribution in [2.45, 2.75) is 24.4 Å². The molecule has 4 heterocycles. The molecule has 0 bridgehead atoms. The van der Waals surface area contributed by atoms with Gasteiger partial charge in [-0.1, -0.05) is 48.0 Å². The zero-order valence-corrected chi connectivity index (χ0v) is 25.7. The number of aliphatic hydroxyl groups is 1. The van der Waals surface area contributed by atoms with Crippen molar-refractivity contribution in [3.63, 3.8) is 0 Å². The number of nitrogens with one attached hydrogen (secondary N) is 1. The van der Waals surface area contributed by atoms with Crippen LogP contribution in [0.25, 0.3) is 33.3 Å². The molecule has 6 rings (SSSR count). The summed E-state index contributed by atoms with van der Waals surface area (Å²) in [7, 11) is 0.821. The minimum atomic E-state index is -4.10. The van der Waals surface area contributed by atoms with E-state index in [9.17, 15) is 13.5 Å². The van der Waals surface area contributed by atoms with E-state index < -0.39 is 10.0 Å². The quantitative estimate of drug-likeness (QED) is 0.223. The molecule has 1 unspecified atom stereocenters. The summed E-state index contributed by atoms with van der Waals surface area (Å²) in [6.07, 6.45) is 3.46. The van der Waals surface area contributed by atoms with E-state index in [1.165, 1.54) is 11.1 Å². The van der Waals surface area contributed by atoms with E-state index in [0.717, 1.165) is 22.2 Å². The van der Waals surface area contributed by atoms with Crippen molar-refractivity contribution in [3.8, 4) is 22.9 Å². The molecule has 0 aliphatic rings. The Labute approximate surface area is 255 Å². The van der Waals surface area contributed by atoms with Crippen molar-refractivity contribution < 1.29 is 23.0 Å². The highest BCUT2D eigenvalue weighted by Crippen LogP contribution is 2.39. The fraction of sp³-hybridized carbons (Fsp3) is 0.212. The molecule has 0 saturated heterocycles. The van der Waals surface area contributed by atoms with Gasteiger partial charge in [-0.15, -0.1) is 0 Å². The topological polar surface area (TPSA) is 120 Å². The zero-order valence-electron chi connectivity index (χ0n) is 24.9. The van der Waals surface area contributed by atoms with Gasteiger partial charge in [-0.25, -0.2) is 22.4 Å². The Morgan fingerprint density at radius 1 is 1.00 bits per heavy atom. The van der Waals surface area contributed by atoms with Gasteiger partial charge in [-0.2, -0.15) is 0 Å². The Morgan fingerprint density at radius 2 is 1.75 bits per heavy atom. The first kappa shape index (κ1) is 29.4. The lowest BCUT2D eigenvalue weighted by Gasteiger charge is -2.17. The molecule has 0 fully saturated rings. The van der Waals surface area contributed by atoms with Gasteiger partial charge >= 0.3 is 0 Å². The Balaban J connectivity index is 1.57. The molecule has 11 heteroatoms. The van der Waals surface area contributed by atoms with Crippen LogP contribution >= 0.6 is 0 Å². The number of ether oxygens (including phenoxy) is 2. The summed E-state index contributed by atoms with van der Waals surface area (Å²) >= 11 is 0. The number of hydrogen-bond donors (Lipinski definition) is 2. The average Bonchev–Trinajstić information content (AvgIpc) is 3.59. The maximum atomic E-state index is 14.4. The Kier molecular flexibility index (Phi) is 7.85. The molecular weight excluding hydrogens is 578 g/mol. The summed E-state index contributed by atoms with van der Waals surface area (Å²) in [5.74, 6) is 0.753. The van der Waals surface area contributed by atoms with Crippen LogP contribution in [0.3, 0.4) is 0 Å². The first-order chi connectivity index (χ1) is 21.3. The van der Waals surface area contributed by atoms with Crippen LogP contribution in [-0.4, -0.2) is 52.9 Å². The summed E-state index contributed by atoms with van der Waals surface area (Å²) in [6, 6.07) is 21.7. The maximum absolute atomic E-state index is 14.4. The lowest BCUT2D eigenvalue weighted by Crippen LogP contribution is -2.24. The lowest BCUT2D eigenvalue weighted by molar-refractivity contribution is 0.244. The van der Waals surface area contributed by atoms with E-state index in [1.807, 2.05) is 73.3 Å². The highest BCUT2D eigenvalue weighted by Gasteiger charge is 2.28. The summed E-state index contributed by atoms with van der Waals surface area (Å²) in [4.78, 5) is 9.46. The molecule has 0 radical (unpaired) electrons. The van der Waals surface area contributed by atoms with Gasteiger partial charge in [0.05, 0.1) is 43.0 Å². The third-order valence-corrected chi connectivity index (χ3v) is 9.53. The van der Waals surface area contributed by atoms with Crippen LogP contribution in [0.2, 0.25) is 0 Å². The second kappa shape index (κ2) is 11.8. The number of aliphatic hydroxyl groups excluding tert-OH is 1. The Hall–Kier alpha value is -4.71. The predicted molar refractivity (Wildman–Crippen MR) is 169 cm³/mol. The summed E-state index contributed by atoms with van der Waals surface area (Å²) in [6.45, 7) is 2.18. The smallest absolute Gasteiger partial charge is 0.269 e. The van der Waals surface area contributed by atoms with E-state index in [2.05, 4.69) is 10.3 Å². The molecule has 2 aromatic carbocycles. The largest absolute Gasteiger partial charge is 0.491 e. The van der Waals surface area contributed by atoms with Gasteiger partial charge in [0.25, 0.3) is 15.9 Å². The van der Waals surface area contributed by atoms with E-state index >= 15 is 0 Å². The van der Waals surface area contributed by atoms with Gasteiger partial charge in [0, 0.05) is 43.0 Å². The first-order valence-electron chi connectivity index (χ1n) is 14.1. The third kappa shape index (κ3) is 5.08. The highest BCUT2D eigenvalue weighted by molar-refractivity contribution is 7.90. The van der Waals surface area contributed by atoms with Crippen LogP contribution in [0.4, 0.5) is 0 Å². The number of hydrogen-bond acceptors (Lipinski definition) is 8. The second-order valence-corrected chi connectivity index (χ2v) is 12.4. The van der Waals surface area contributed by atoms with Gasteiger partial charge in [-0.3, -0.25) is 0 Å². The van der Waals surface area contributed by atoms with Crippen molar-refractivity contribution in [1.29, 1.82) is 0 Å². The molecule has 4 aromatic heterocycles. The van der Waals surface area contributed by atoms with Crippen LogP contribution in [0, 0.1) is 6.92 Å². The molecular formula is C33H33N5O5S. The zero-order chi connectivity index (χ0) is 31.0. The molecule has 226 valence electrons. The van der Waals surface area contributed by atoms with Gasteiger partial charge in [-0.05, 0) is 42.3 Å². The minimum absolute atomic E-state index is 0.0979. The van der Waals surface area contributed by atoms with Gasteiger partial charge in [0.1, 0.15) is 5.52 Å². The number of aryl methyl sites for hydroxylation is 2. The van der Waals surface area contributed by atoms with Crippen molar-refractivity contribution >= 4 is 32.1 Å². The third-order valence-electron chi connectivity index (χ3n) is 7.82. The Morgan fingerprint density at radius 3 is 2.43 bits per heavy atom. The Bertz CT molecular complexity index is 2070. The highest BCUT2D eigenvalue weighted by atomic mass is 32.2. The average molecular weight is 612 g/mol. The molecule has 1 atom stereocenters. The van der Waals surface area contributed by atoms with E-state index in [4.69, 9.17) is 14.5 Å². The van der Waals surface area contributed by atoms with E-state index in [1.54, 1.807) is 37.6 Å². The van der Waals surface area contributed by atoms with Crippen LogP contribution in [0.5, 0.6) is 11.6 Å². The van der Waals surface area contributed by atoms with Crippen molar-refractivity contribution in [2.24, 2.45) is 7.05 Å². The van der Waals surface area contributed by atoms with E-state index in [-0.39, 0.29) is 29.1 Å². The molecule has 0 saturated carbocycles. The fourth-order valence-corrected chi connectivity index (χ4v) is 6.95. The van der Waals surface area contributed by atoms with Crippen molar-refractivity contribution in [2.75, 3.05) is 20.8 Å². The standard InChI is InChI=1S/C33H33N5O5S/c1-21-10-12-24(13-11-21)44(40,41)38-28(26-19-37(2)29-17-30(42-3)33(43-4)36-31(26)29)16-25-23(14-15-34-32(25)38)18-35-27(20-39)22-8-6-5-7-9-22/h5-17,19,27,35,39H,18,20H2,1-4H3. The monoisotopic (exact) mass is 611 g/mol. The normalized spacial score (nSPS) is 12.6. The molecule has 6 aromatic rings. The van der Waals surface area contributed by atoms with Crippen LogP contribution < -0.4 is 14.8 Å². The summed E-state index contributed by atoms with van der Waals surface area (Å²) < 4.78 is 42.9. The number of rotatable bonds is 10. The van der Waals surface area contributed by atoms with Crippen LogP contribution in [0.15, 0.2) is 90.1 Å². The lowest BCUT2D eigenvalue weighted by atomic mass is 10.1. The summed E-state index contributed by atoms with van der Waals surface area (Å²) in [5.41, 5.74) is 5.31. The molecule has 0 aliphatic carbocycles. The van der Waals surface area contributed by atoms with E-state index in [0.29, 0.717) is 34.5 Å². The molecule has 10 nitrogen and oxygen atoms in total. The predicted octanol–water partition coefficient (Wildman–Crippen LogP) is 4.98. The summed E-state index contributed by atoms with van der Waals surface area (Å²) in [5, 5.41) is 14.2. The first-order valence-corrected chi connectivity index (χ1v) is 15.5. The minimum Gasteiger partial charge on any atom is -0.491 e. The van der Waals surface area contributed by atoms with Gasteiger partial charge < -0.3 is 24.5 Å². The molecule has 0 aliphatic heterocycles. The number of fused-ring (bicyclic) bond motifs is 2. The molecule has 0 amide bonds. The number of methoxy groups -OCH3 is 2. The molecule has 0 spiro atoms. The molecule has 44 heavy (non-hydrogen) atoms. The SMILES string of the molecule is COc1cc2c(nc1OC)c(-c1cc3c(CNC(CO)c4ccccc4)ccnc3n1S(=O)(=O)c1ccc(C)cc1)cn2C.